The van der Waals surface area contributed by atoms with Crippen LogP contribution in [0, 0.1) is 0 Å². The highest BCUT2D eigenvalue weighted by Crippen LogP contribution is 2.46. The van der Waals surface area contributed by atoms with Gasteiger partial charge in [-0.2, -0.15) is 0 Å². The third kappa shape index (κ3) is 5.22. The molecule has 0 saturated carbocycles. The smallest absolute Gasteiger partial charge is 0.0540 e. The molecule has 1 aromatic heterocycles. The molecule has 0 atom stereocenters. The van der Waals surface area contributed by atoms with Crippen molar-refractivity contribution in [3.8, 4) is 11.1 Å². The van der Waals surface area contributed by atoms with Crippen LogP contribution in [0.15, 0.2) is 212 Å². The number of thiophene rings is 1. The number of para-hydroxylation sites is 2. The summed E-state index contributed by atoms with van der Waals surface area (Å²) >= 11 is 1.90. The molecule has 0 radical (unpaired) electrons. The van der Waals surface area contributed by atoms with Crippen LogP contribution in [-0.2, 0) is 0 Å². The molecule has 1 nitrogen and oxygen atoms in total. The number of anilines is 3. The zero-order chi connectivity index (χ0) is 37.0. The summed E-state index contributed by atoms with van der Waals surface area (Å²) in [4.78, 5) is 2.42. The highest BCUT2D eigenvalue weighted by molar-refractivity contribution is 7.26. The van der Waals surface area contributed by atoms with Gasteiger partial charge < -0.3 is 4.90 Å². The van der Waals surface area contributed by atoms with Crippen molar-refractivity contribution in [2.75, 3.05) is 4.90 Å². The van der Waals surface area contributed by atoms with Crippen LogP contribution in [-0.4, -0.2) is 0 Å². The van der Waals surface area contributed by atoms with Crippen molar-refractivity contribution >= 4 is 102 Å². The molecule has 262 valence electrons. The predicted molar refractivity (Wildman–Crippen MR) is 245 cm³/mol. The third-order valence-electron chi connectivity index (χ3n) is 11.3. The fourth-order valence-electron chi connectivity index (χ4n) is 8.79. The van der Waals surface area contributed by atoms with Crippen molar-refractivity contribution in [3.05, 3.63) is 212 Å². The molecule has 0 fully saturated rings. The maximum atomic E-state index is 2.44. The van der Waals surface area contributed by atoms with E-state index in [0.29, 0.717) is 0 Å². The molecule has 0 aliphatic heterocycles. The molecule has 10 aromatic carbocycles. The van der Waals surface area contributed by atoms with Gasteiger partial charge in [0.05, 0.1) is 5.69 Å². The zero-order valence-corrected chi connectivity index (χ0v) is 31.4. The lowest BCUT2D eigenvalue weighted by Gasteiger charge is -2.28. The lowest BCUT2D eigenvalue weighted by atomic mass is 9.93. The monoisotopic (exact) mass is 729 g/mol. The zero-order valence-electron chi connectivity index (χ0n) is 30.6. The Morgan fingerprint density at radius 1 is 0.304 bits per heavy atom. The van der Waals surface area contributed by atoms with Crippen LogP contribution in [0.25, 0.3) is 85.2 Å². The third-order valence-corrected chi connectivity index (χ3v) is 12.5. The molecule has 0 N–H and O–H groups in total. The van der Waals surface area contributed by atoms with E-state index in [1.165, 1.54) is 85.2 Å². The molecule has 0 bridgehead atoms. The fourth-order valence-corrected chi connectivity index (χ4v) is 10.1. The van der Waals surface area contributed by atoms with E-state index < -0.39 is 0 Å². The Kier molecular flexibility index (Phi) is 7.75. The maximum Gasteiger partial charge on any atom is 0.0540 e. The summed E-state index contributed by atoms with van der Waals surface area (Å²) in [6.45, 7) is 0. The molecule has 0 aliphatic carbocycles. The Bertz CT molecular complexity index is 3360. The van der Waals surface area contributed by atoms with Crippen molar-refractivity contribution in [2.45, 2.75) is 0 Å². The van der Waals surface area contributed by atoms with E-state index in [0.717, 1.165) is 17.1 Å². The molecule has 11 rings (SSSR count). The second-order valence-corrected chi connectivity index (χ2v) is 15.4. The van der Waals surface area contributed by atoms with Crippen molar-refractivity contribution in [1.82, 2.24) is 0 Å². The Hall–Kier alpha value is -7.00. The average Bonchev–Trinajstić information content (AvgIpc) is 3.66. The van der Waals surface area contributed by atoms with Crippen LogP contribution in [0.2, 0.25) is 0 Å². The first-order valence-electron chi connectivity index (χ1n) is 19.2. The summed E-state index contributed by atoms with van der Waals surface area (Å²) in [6, 6.07) is 77.9. The minimum Gasteiger partial charge on any atom is -0.310 e. The van der Waals surface area contributed by atoms with Gasteiger partial charge in [0, 0.05) is 42.5 Å². The lowest BCUT2D eigenvalue weighted by molar-refractivity contribution is 1.29. The van der Waals surface area contributed by atoms with Crippen LogP contribution in [0.1, 0.15) is 0 Å². The summed E-state index contributed by atoms with van der Waals surface area (Å²) in [5, 5.41) is 14.9. The molecule has 11 aromatic rings. The summed E-state index contributed by atoms with van der Waals surface area (Å²) in [7, 11) is 0. The predicted octanol–water partition coefficient (Wildman–Crippen LogP) is 16.1. The maximum absolute atomic E-state index is 2.44. The number of nitrogens with zero attached hydrogens (tertiary/aromatic N) is 1. The topological polar surface area (TPSA) is 3.24 Å². The van der Waals surface area contributed by atoms with Gasteiger partial charge >= 0.3 is 0 Å². The van der Waals surface area contributed by atoms with E-state index >= 15 is 0 Å². The first kappa shape index (κ1) is 32.4. The molecular weight excluding hydrogens is 695 g/mol. The van der Waals surface area contributed by atoms with Gasteiger partial charge in [0.1, 0.15) is 0 Å². The Morgan fingerprint density at radius 3 is 1.45 bits per heavy atom. The minimum atomic E-state index is 1.10. The Balaban J connectivity index is 1.37. The van der Waals surface area contributed by atoms with Gasteiger partial charge in [0.15, 0.2) is 0 Å². The van der Waals surface area contributed by atoms with Crippen LogP contribution in [0.3, 0.4) is 0 Å². The highest BCUT2D eigenvalue weighted by Gasteiger charge is 2.19. The van der Waals surface area contributed by atoms with Gasteiger partial charge in [-0.25, -0.2) is 0 Å². The van der Waals surface area contributed by atoms with Gasteiger partial charge in [0.2, 0.25) is 0 Å². The second kappa shape index (κ2) is 13.4. The highest BCUT2D eigenvalue weighted by atomic mass is 32.1. The number of benzene rings is 9. The first-order chi connectivity index (χ1) is 27.8. The van der Waals surface area contributed by atoms with Crippen LogP contribution >= 0.6 is 11.3 Å². The average molecular weight is 730 g/mol. The van der Waals surface area contributed by atoms with Crippen molar-refractivity contribution in [3.63, 3.8) is 0 Å². The fraction of sp³-hybridized carbons (Fsp3) is 0. The van der Waals surface area contributed by atoms with Crippen molar-refractivity contribution in [2.24, 2.45) is 0 Å². The minimum absolute atomic E-state index is 1.10. The van der Waals surface area contributed by atoms with Gasteiger partial charge in [0.25, 0.3) is 0 Å². The quantitative estimate of drug-likeness (QED) is 0.174. The number of rotatable bonds is 4. The number of hydrogen-bond acceptors (Lipinski definition) is 2. The Morgan fingerprint density at radius 2 is 0.768 bits per heavy atom. The largest absolute Gasteiger partial charge is 0.310 e. The second-order valence-electron chi connectivity index (χ2n) is 14.4. The van der Waals surface area contributed by atoms with E-state index in [1.807, 2.05) is 11.3 Å². The summed E-state index contributed by atoms with van der Waals surface area (Å²) < 4.78 is 2.62. The van der Waals surface area contributed by atoms with Crippen LogP contribution in [0.4, 0.5) is 17.1 Å². The summed E-state index contributed by atoms with van der Waals surface area (Å²) in [5.41, 5.74) is 5.70. The number of fused-ring (bicyclic) bond motifs is 14. The number of hydrogen-bond donors (Lipinski definition) is 0. The lowest BCUT2D eigenvalue weighted by Crippen LogP contribution is -2.11. The van der Waals surface area contributed by atoms with E-state index in [-0.39, 0.29) is 0 Å². The first-order valence-corrected chi connectivity index (χ1v) is 20.0. The molecule has 0 saturated heterocycles. The van der Waals surface area contributed by atoms with E-state index in [9.17, 15) is 0 Å². The molecule has 0 spiro atoms. The SMILES string of the molecule is c1ccc(-c2ccccc2N(c2ccccc2)c2ccc3c4ccccc4c4ccccc4c4ccccc4c4c(ccc5c6ccccc6sc54)c3c2)cc1. The van der Waals surface area contributed by atoms with Crippen LogP contribution in [0.5, 0.6) is 0 Å². The molecule has 1 heterocycles. The Labute approximate surface area is 329 Å². The van der Waals surface area contributed by atoms with Crippen LogP contribution < -0.4 is 4.90 Å². The van der Waals surface area contributed by atoms with Gasteiger partial charge in [-0.3, -0.25) is 0 Å². The molecule has 0 aliphatic rings. The normalized spacial score (nSPS) is 11.6. The van der Waals surface area contributed by atoms with Gasteiger partial charge in [-0.05, 0) is 90.4 Å². The molecule has 2 heteroatoms. The summed E-state index contributed by atoms with van der Waals surface area (Å²) in [6.07, 6.45) is 0. The van der Waals surface area contributed by atoms with Gasteiger partial charge in [-0.1, -0.05) is 176 Å². The molecule has 56 heavy (non-hydrogen) atoms. The molecule has 0 unspecified atom stereocenters. The van der Waals surface area contributed by atoms with E-state index in [2.05, 4.69) is 217 Å². The molecular formula is C54H35NS. The summed E-state index contributed by atoms with van der Waals surface area (Å²) in [5.74, 6) is 0. The standard InChI is InChI=1S/C54H35NS/c1-3-17-36(18-4-1)39-21-13-15-29-51(39)55(37-19-5-2-6-20-37)38-31-32-45-43-25-10-8-23-41(43)40-22-7-9-24-42(40)44-26-11-12-28-47(44)53-48(50(45)35-38)33-34-49-46-27-14-16-30-52(46)56-54(49)53/h1-35H. The van der Waals surface area contributed by atoms with Gasteiger partial charge in [-0.15, -0.1) is 11.3 Å². The molecule has 0 amide bonds. The van der Waals surface area contributed by atoms with Crippen molar-refractivity contribution < 1.29 is 0 Å². The van der Waals surface area contributed by atoms with E-state index in [1.54, 1.807) is 0 Å². The van der Waals surface area contributed by atoms with E-state index in [4.69, 9.17) is 0 Å². The van der Waals surface area contributed by atoms with Crippen molar-refractivity contribution in [1.29, 1.82) is 0 Å².